The molecular weight excluding hydrogens is 300 g/mol. The summed E-state index contributed by atoms with van der Waals surface area (Å²) in [6.07, 6.45) is 6.52. The molecule has 2 rings (SSSR count). The Hall–Kier alpha value is -0.560. The minimum Gasteiger partial charge on any atom is -0.385 e. The third kappa shape index (κ3) is 6.39. The fraction of sp³-hybridized carbons (Fsp3) is 0.905. The summed E-state index contributed by atoms with van der Waals surface area (Å²) in [6.45, 7) is 11.0. The first-order valence-corrected chi connectivity index (χ1v) is 9.57. The van der Waals surface area contributed by atoms with E-state index in [-0.39, 0.29) is 11.2 Å². The van der Waals surface area contributed by atoms with Crippen molar-refractivity contribution in [1.29, 1.82) is 0 Å². The maximum absolute atomic E-state index is 6.28. The Kier molecular flexibility index (Phi) is 7.16. The lowest BCUT2D eigenvalue weighted by Crippen LogP contribution is -2.32. The van der Waals surface area contributed by atoms with E-state index in [2.05, 4.69) is 39.5 Å². The fourth-order valence-corrected chi connectivity index (χ4v) is 3.67. The predicted octanol–water partition coefficient (Wildman–Crippen LogP) is 4.44. The van der Waals surface area contributed by atoms with Crippen molar-refractivity contribution in [3.8, 4) is 11.8 Å². The van der Waals surface area contributed by atoms with Gasteiger partial charge in [-0.1, -0.05) is 0 Å². The minimum atomic E-state index is -0.131. The molecule has 0 spiro atoms. The average Bonchev–Trinajstić information content (AvgIpc) is 3.12. The molecular formula is C21H36O3. The van der Waals surface area contributed by atoms with Crippen LogP contribution < -0.4 is 0 Å². The van der Waals surface area contributed by atoms with E-state index in [1.54, 1.807) is 7.11 Å². The van der Waals surface area contributed by atoms with Crippen LogP contribution in [0, 0.1) is 29.6 Å². The molecule has 2 aliphatic rings. The van der Waals surface area contributed by atoms with E-state index in [0.717, 1.165) is 63.3 Å². The third-order valence-electron chi connectivity index (χ3n) is 5.61. The highest BCUT2D eigenvalue weighted by molar-refractivity contribution is 5.07. The van der Waals surface area contributed by atoms with Gasteiger partial charge in [-0.15, -0.1) is 11.8 Å². The van der Waals surface area contributed by atoms with E-state index in [0.29, 0.717) is 0 Å². The largest absolute Gasteiger partial charge is 0.385 e. The van der Waals surface area contributed by atoms with Crippen LogP contribution in [0.2, 0.25) is 0 Å². The third-order valence-corrected chi connectivity index (χ3v) is 5.61. The summed E-state index contributed by atoms with van der Waals surface area (Å²) in [7, 11) is 1.73. The molecule has 2 atom stereocenters. The van der Waals surface area contributed by atoms with Gasteiger partial charge in [0.05, 0.1) is 24.4 Å². The highest BCUT2D eigenvalue weighted by atomic mass is 16.5. The average molecular weight is 337 g/mol. The topological polar surface area (TPSA) is 27.7 Å². The smallest absolute Gasteiger partial charge is 0.0648 e. The van der Waals surface area contributed by atoms with E-state index >= 15 is 0 Å². The van der Waals surface area contributed by atoms with Gasteiger partial charge in [0, 0.05) is 26.6 Å². The van der Waals surface area contributed by atoms with Crippen molar-refractivity contribution in [3.05, 3.63) is 0 Å². The summed E-state index contributed by atoms with van der Waals surface area (Å²) in [5.74, 6) is 9.03. The SMILES string of the molecule is COCCC(C)(C)OCCC(C)(C)OCC1C2CCC#CCCC21. The van der Waals surface area contributed by atoms with Crippen molar-refractivity contribution in [1.82, 2.24) is 0 Å². The molecule has 0 amide bonds. The molecule has 1 saturated carbocycles. The molecule has 138 valence electrons. The van der Waals surface area contributed by atoms with Crippen LogP contribution in [0.15, 0.2) is 0 Å². The van der Waals surface area contributed by atoms with Crippen molar-refractivity contribution < 1.29 is 14.2 Å². The first kappa shape index (κ1) is 19.8. The Labute approximate surface area is 148 Å². The van der Waals surface area contributed by atoms with Crippen molar-refractivity contribution in [2.75, 3.05) is 26.9 Å². The molecule has 1 fully saturated rings. The number of hydrogen-bond donors (Lipinski definition) is 0. The lowest BCUT2D eigenvalue weighted by atomic mass is 10.0. The van der Waals surface area contributed by atoms with Gasteiger partial charge in [-0.3, -0.25) is 0 Å². The summed E-state index contributed by atoms with van der Waals surface area (Å²) in [6, 6.07) is 0. The molecule has 2 aliphatic carbocycles. The van der Waals surface area contributed by atoms with Crippen LogP contribution in [-0.2, 0) is 14.2 Å². The molecule has 3 nitrogen and oxygen atoms in total. The minimum absolute atomic E-state index is 0.119. The molecule has 0 N–H and O–H groups in total. The van der Waals surface area contributed by atoms with Gasteiger partial charge in [0.15, 0.2) is 0 Å². The van der Waals surface area contributed by atoms with Gasteiger partial charge in [0.1, 0.15) is 0 Å². The Bertz CT molecular complexity index is 426. The fourth-order valence-electron chi connectivity index (χ4n) is 3.67. The van der Waals surface area contributed by atoms with Crippen molar-refractivity contribution in [2.24, 2.45) is 17.8 Å². The van der Waals surface area contributed by atoms with E-state index in [1.165, 1.54) is 12.8 Å². The van der Waals surface area contributed by atoms with Gasteiger partial charge in [-0.25, -0.2) is 0 Å². The molecule has 24 heavy (non-hydrogen) atoms. The highest BCUT2D eigenvalue weighted by Crippen LogP contribution is 2.52. The predicted molar refractivity (Wildman–Crippen MR) is 97.9 cm³/mol. The Morgan fingerprint density at radius 1 is 0.833 bits per heavy atom. The Morgan fingerprint density at radius 3 is 1.96 bits per heavy atom. The van der Waals surface area contributed by atoms with Crippen LogP contribution in [0.3, 0.4) is 0 Å². The lowest BCUT2D eigenvalue weighted by molar-refractivity contribution is -0.0820. The van der Waals surface area contributed by atoms with Gasteiger partial charge in [-0.05, 0) is 71.1 Å². The molecule has 0 aromatic carbocycles. The van der Waals surface area contributed by atoms with Crippen molar-refractivity contribution in [2.45, 2.75) is 77.4 Å². The molecule has 0 aliphatic heterocycles. The number of hydrogen-bond acceptors (Lipinski definition) is 3. The second-order valence-electron chi connectivity index (χ2n) is 8.59. The monoisotopic (exact) mass is 336 g/mol. The molecule has 0 aromatic heterocycles. The summed E-state index contributed by atoms with van der Waals surface area (Å²) in [5, 5.41) is 0. The van der Waals surface area contributed by atoms with Gasteiger partial charge in [-0.2, -0.15) is 0 Å². The molecule has 0 radical (unpaired) electrons. The summed E-state index contributed by atoms with van der Waals surface area (Å²) in [5.41, 5.74) is -0.250. The van der Waals surface area contributed by atoms with E-state index < -0.39 is 0 Å². The van der Waals surface area contributed by atoms with Crippen LogP contribution in [0.1, 0.15) is 66.2 Å². The second-order valence-corrected chi connectivity index (χ2v) is 8.59. The van der Waals surface area contributed by atoms with Gasteiger partial charge < -0.3 is 14.2 Å². The van der Waals surface area contributed by atoms with Crippen LogP contribution in [0.25, 0.3) is 0 Å². The summed E-state index contributed by atoms with van der Waals surface area (Å²) < 4.78 is 17.5. The molecule has 0 bridgehead atoms. The summed E-state index contributed by atoms with van der Waals surface area (Å²) >= 11 is 0. The first-order chi connectivity index (χ1) is 11.3. The van der Waals surface area contributed by atoms with Crippen LogP contribution in [0.4, 0.5) is 0 Å². The number of fused-ring (bicyclic) bond motifs is 1. The van der Waals surface area contributed by atoms with E-state index in [9.17, 15) is 0 Å². The number of rotatable bonds is 10. The standard InChI is InChI=1S/C21H36O3/c1-20(2,12-14-22-5)23-15-13-21(3,4)24-16-19-17-10-8-6-7-9-11-18(17)19/h17-19H,8-16H2,1-5H3. The molecule has 2 unspecified atom stereocenters. The van der Waals surface area contributed by atoms with Gasteiger partial charge in [0.2, 0.25) is 0 Å². The molecule has 0 heterocycles. The van der Waals surface area contributed by atoms with Gasteiger partial charge in [0.25, 0.3) is 0 Å². The first-order valence-electron chi connectivity index (χ1n) is 9.57. The van der Waals surface area contributed by atoms with E-state index in [4.69, 9.17) is 14.2 Å². The second kappa shape index (κ2) is 8.70. The molecule has 0 saturated heterocycles. The van der Waals surface area contributed by atoms with Gasteiger partial charge >= 0.3 is 0 Å². The van der Waals surface area contributed by atoms with Crippen molar-refractivity contribution in [3.63, 3.8) is 0 Å². The lowest BCUT2D eigenvalue weighted by Gasteiger charge is -2.29. The molecule has 0 aromatic rings. The Morgan fingerprint density at radius 2 is 1.38 bits per heavy atom. The Balaban J connectivity index is 1.65. The molecule has 3 heteroatoms. The number of ether oxygens (including phenoxy) is 3. The highest BCUT2D eigenvalue weighted by Gasteiger charge is 2.49. The van der Waals surface area contributed by atoms with Crippen LogP contribution in [0.5, 0.6) is 0 Å². The van der Waals surface area contributed by atoms with Crippen LogP contribution >= 0.6 is 0 Å². The number of methoxy groups -OCH3 is 1. The zero-order valence-electron chi connectivity index (χ0n) is 16.3. The zero-order valence-corrected chi connectivity index (χ0v) is 16.3. The maximum atomic E-state index is 6.28. The normalized spacial score (nSPS) is 26.8. The maximum Gasteiger partial charge on any atom is 0.0648 e. The summed E-state index contributed by atoms with van der Waals surface area (Å²) in [4.78, 5) is 0. The van der Waals surface area contributed by atoms with E-state index in [1.807, 2.05) is 0 Å². The quantitative estimate of drug-likeness (QED) is 0.552. The van der Waals surface area contributed by atoms with Crippen molar-refractivity contribution >= 4 is 0 Å². The van der Waals surface area contributed by atoms with Crippen LogP contribution in [-0.4, -0.2) is 38.1 Å². The zero-order chi connectivity index (χ0) is 17.6.